The molecule has 6 nitrogen and oxygen atoms in total. The molecule has 0 spiro atoms. The van der Waals surface area contributed by atoms with Crippen LogP contribution < -0.4 is 10.6 Å². The maximum atomic E-state index is 12.2. The van der Waals surface area contributed by atoms with Crippen molar-refractivity contribution in [3.8, 4) is 0 Å². The molecule has 1 heterocycles. The quantitative estimate of drug-likeness (QED) is 0.533. The van der Waals surface area contributed by atoms with E-state index in [0.29, 0.717) is 18.9 Å². The lowest BCUT2D eigenvalue weighted by Gasteiger charge is -2.19. The van der Waals surface area contributed by atoms with Gasteiger partial charge in [-0.25, -0.2) is 8.42 Å². The van der Waals surface area contributed by atoms with Crippen molar-refractivity contribution in [3.63, 3.8) is 0 Å². The van der Waals surface area contributed by atoms with Crippen molar-refractivity contribution in [2.75, 3.05) is 44.7 Å². The van der Waals surface area contributed by atoms with E-state index in [2.05, 4.69) is 15.6 Å². The summed E-state index contributed by atoms with van der Waals surface area (Å²) >= 11 is 0. The lowest BCUT2D eigenvalue weighted by atomic mass is 10.3. The van der Waals surface area contributed by atoms with Gasteiger partial charge in [0.05, 0.1) is 24.6 Å². The van der Waals surface area contributed by atoms with E-state index in [-0.39, 0.29) is 30.6 Å². The summed E-state index contributed by atoms with van der Waals surface area (Å²) in [5.41, 5.74) is 0. The predicted molar refractivity (Wildman–Crippen MR) is 79.7 cm³/mol. The second-order valence-corrected chi connectivity index (χ2v) is 7.59. The Morgan fingerprint density at radius 1 is 1.41 bits per heavy atom. The Morgan fingerprint density at radius 2 is 2.09 bits per heavy atom. The van der Waals surface area contributed by atoms with Gasteiger partial charge in [0.1, 0.15) is 0 Å². The van der Waals surface area contributed by atoms with Crippen molar-refractivity contribution in [1.29, 1.82) is 0 Å². The summed E-state index contributed by atoms with van der Waals surface area (Å²) < 4.78 is 59.4. The zero-order valence-corrected chi connectivity index (χ0v) is 13.6. The van der Waals surface area contributed by atoms with Crippen molar-refractivity contribution < 1.29 is 21.6 Å². The molecular formula is C12H23F3N4O2S. The van der Waals surface area contributed by atoms with Crippen LogP contribution in [0.25, 0.3) is 0 Å². The first kappa shape index (κ1) is 19.0. The molecule has 1 atom stereocenters. The van der Waals surface area contributed by atoms with Gasteiger partial charge in [-0.3, -0.25) is 9.89 Å². The topological polar surface area (TPSA) is 73.8 Å². The fraction of sp³-hybridized carbons (Fsp3) is 0.917. The Bertz CT molecular complexity index is 479. The van der Waals surface area contributed by atoms with E-state index in [1.165, 1.54) is 7.05 Å². The van der Waals surface area contributed by atoms with Crippen molar-refractivity contribution in [1.82, 2.24) is 15.5 Å². The summed E-state index contributed by atoms with van der Waals surface area (Å²) in [6.45, 7) is 1.83. The zero-order valence-electron chi connectivity index (χ0n) is 12.8. The zero-order chi connectivity index (χ0) is 16.8. The number of rotatable bonds is 6. The highest BCUT2D eigenvalue weighted by atomic mass is 32.2. The van der Waals surface area contributed by atoms with Crippen molar-refractivity contribution in [2.45, 2.75) is 25.6 Å². The van der Waals surface area contributed by atoms with Gasteiger partial charge in [0.15, 0.2) is 15.8 Å². The number of aliphatic imine (C=N–C) groups is 1. The lowest BCUT2D eigenvalue weighted by molar-refractivity contribution is -0.142. The first-order valence-electron chi connectivity index (χ1n) is 7.12. The average Bonchev–Trinajstić information content (AvgIpc) is 2.66. The molecule has 0 radical (unpaired) electrons. The third-order valence-electron chi connectivity index (χ3n) is 3.12. The number of hydrogen-bond acceptors (Lipinski definition) is 4. The van der Waals surface area contributed by atoms with Gasteiger partial charge >= 0.3 is 6.18 Å². The lowest BCUT2D eigenvalue weighted by Crippen LogP contribution is -2.44. The molecule has 0 saturated carbocycles. The molecule has 0 aromatic heterocycles. The minimum absolute atomic E-state index is 0.0609. The highest BCUT2D eigenvalue weighted by Gasteiger charge is 2.29. The van der Waals surface area contributed by atoms with E-state index in [4.69, 9.17) is 0 Å². The molecule has 0 aromatic carbocycles. The fourth-order valence-electron chi connectivity index (χ4n) is 2.14. The molecule has 0 bridgehead atoms. The molecule has 1 unspecified atom stereocenters. The molecule has 130 valence electrons. The Morgan fingerprint density at radius 3 is 2.59 bits per heavy atom. The Balaban J connectivity index is 2.45. The second-order valence-electron chi connectivity index (χ2n) is 5.36. The van der Waals surface area contributed by atoms with Crippen LogP contribution >= 0.6 is 0 Å². The largest absolute Gasteiger partial charge is 0.401 e. The molecule has 10 heteroatoms. The number of likely N-dealkylation sites (N-methyl/N-ethyl adjacent to an activating group) is 1. The number of hydrogen-bond donors (Lipinski definition) is 2. The number of nitrogens with one attached hydrogen (secondary N) is 2. The first-order valence-corrected chi connectivity index (χ1v) is 8.94. The number of alkyl halides is 3. The minimum Gasteiger partial charge on any atom is -0.357 e. The highest BCUT2D eigenvalue weighted by Crippen LogP contribution is 2.15. The molecule has 0 aromatic rings. The SMILES string of the molecule is CCNC(=NCCN(C)CC(F)(F)F)NC1CCS(=O)(=O)C1. The molecule has 0 aliphatic carbocycles. The van der Waals surface area contributed by atoms with Crippen LogP contribution in [0, 0.1) is 0 Å². The summed E-state index contributed by atoms with van der Waals surface area (Å²) in [6.07, 6.45) is -3.71. The van der Waals surface area contributed by atoms with Crippen LogP contribution in [0.5, 0.6) is 0 Å². The van der Waals surface area contributed by atoms with Crippen molar-refractivity contribution in [3.05, 3.63) is 0 Å². The third kappa shape index (κ3) is 7.83. The Labute approximate surface area is 129 Å². The summed E-state index contributed by atoms with van der Waals surface area (Å²) in [4.78, 5) is 5.33. The predicted octanol–water partition coefficient (Wildman–Crippen LogP) is 0.223. The number of halogens is 3. The Kier molecular flexibility index (Phi) is 6.92. The smallest absolute Gasteiger partial charge is 0.357 e. The second kappa shape index (κ2) is 8.00. The minimum atomic E-state index is -4.22. The van der Waals surface area contributed by atoms with Gasteiger partial charge in [0, 0.05) is 19.1 Å². The summed E-state index contributed by atoms with van der Waals surface area (Å²) in [5.74, 6) is 0.647. The average molecular weight is 344 g/mol. The first-order chi connectivity index (χ1) is 10.1. The molecule has 2 N–H and O–H groups in total. The maximum Gasteiger partial charge on any atom is 0.401 e. The van der Waals surface area contributed by atoms with Gasteiger partial charge in [0.25, 0.3) is 0 Å². The molecule has 22 heavy (non-hydrogen) atoms. The molecule has 0 amide bonds. The maximum absolute atomic E-state index is 12.2. The molecule has 1 fully saturated rings. The fourth-order valence-corrected chi connectivity index (χ4v) is 3.81. The van der Waals surface area contributed by atoms with E-state index in [1.54, 1.807) is 0 Å². The van der Waals surface area contributed by atoms with Crippen LogP contribution in [0.4, 0.5) is 13.2 Å². The van der Waals surface area contributed by atoms with E-state index >= 15 is 0 Å². The highest BCUT2D eigenvalue weighted by molar-refractivity contribution is 7.91. The van der Waals surface area contributed by atoms with E-state index in [1.807, 2.05) is 6.92 Å². The van der Waals surface area contributed by atoms with Gasteiger partial charge in [-0.2, -0.15) is 13.2 Å². The van der Waals surface area contributed by atoms with Crippen LogP contribution in [0.2, 0.25) is 0 Å². The van der Waals surface area contributed by atoms with Crippen LogP contribution in [-0.2, 0) is 9.84 Å². The summed E-state index contributed by atoms with van der Waals surface area (Å²) in [7, 11) is -1.61. The summed E-state index contributed by atoms with van der Waals surface area (Å²) in [6, 6.07) is -0.198. The van der Waals surface area contributed by atoms with Crippen molar-refractivity contribution >= 4 is 15.8 Å². The molecular weight excluding hydrogens is 321 g/mol. The van der Waals surface area contributed by atoms with Gasteiger partial charge < -0.3 is 10.6 Å². The number of guanidine groups is 1. The van der Waals surface area contributed by atoms with Crippen LogP contribution in [0.1, 0.15) is 13.3 Å². The van der Waals surface area contributed by atoms with E-state index < -0.39 is 22.6 Å². The van der Waals surface area contributed by atoms with Crippen LogP contribution in [0.3, 0.4) is 0 Å². The monoisotopic (exact) mass is 344 g/mol. The molecule has 1 aliphatic rings. The standard InChI is InChI=1S/C12H23F3N4O2S/c1-3-16-11(18-10-4-7-22(20,21)8-10)17-5-6-19(2)9-12(13,14)15/h10H,3-9H2,1-2H3,(H2,16,17,18). The van der Waals surface area contributed by atoms with Crippen LogP contribution in [-0.4, -0.2) is 76.2 Å². The summed E-state index contributed by atoms with van der Waals surface area (Å²) in [5, 5.41) is 5.98. The number of nitrogens with zero attached hydrogens (tertiary/aromatic N) is 2. The Hall–Kier alpha value is -1.03. The van der Waals surface area contributed by atoms with Gasteiger partial charge in [-0.15, -0.1) is 0 Å². The molecule has 1 saturated heterocycles. The van der Waals surface area contributed by atoms with Gasteiger partial charge in [0.2, 0.25) is 0 Å². The number of sulfone groups is 1. The van der Waals surface area contributed by atoms with Crippen LogP contribution in [0.15, 0.2) is 4.99 Å². The van der Waals surface area contributed by atoms with E-state index in [0.717, 1.165) is 4.90 Å². The van der Waals surface area contributed by atoms with E-state index in [9.17, 15) is 21.6 Å². The molecule has 1 aliphatic heterocycles. The molecule has 1 rings (SSSR count). The van der Waals surface area contributed by atoms with Gasteiger partial charge in [-0.1, -0.05) is 0 Å². The third-order valence-corrected chi connectivity index (χ3v) is 4.89. The van der Waals surface area contributed by atoms with Crippen molar-refractivity contribution in [2.24, 2.45) is 4.99 Å². The van der Waals surface area contributed by atoms with Gasteiger partial charge in [-0.05, 0) is 20.4 Å². The normalized spacial score (nSPS) is 22.1.